The van der Waals surface area contributed by atoms with Gasteiger partial charge < -0.3 is 15.3 Å². The highest BCUT2D eigenvalue weighted by atomic mass is 16.3. The highest BCUT2D eigenvalue weighted by Crippen LogP contribution is 2.17. The molecule has 14 heavy (non-hydrogen) atoms. The average Bonchev–Trinajstić information content (AvgIpc) is 2.02. The summed E-state index contributed by atoms with van der Waals surface area (Å²) in [6.07, 6.45) is 0.890. The molecule has 0 saturated heterocycles. The molecule has 0 rings (SSSR count). The Hall–Kier alpha value is -0.120. The molecular formula is C11H26N2O. The molecule has 0 radical (unpaired) electrons. The van der Waals surface area contributed by atoms with Crippen LogP contribution < -0.4 is 5.32 Å². The summed E-state index contributed by atoms with van der Waals surface area (Å²) in [6, 6.07) is 0. The summed E-state index contributed by atoms with van der Waals surface area (Å²) >= 11 is 0. The Morgan fingerprint density at radius 2 is 1.93 bits per heavy atom. The molecule has 0 fully saturated rings. The van der Waals surface area contributed by atoms with Gasteiger partial charge in [-0.2, -0.15) is 0 Å². The molecule has 0 spiro atoms. The minimum atomic E-state index is -0.266. The molecule has 0 amide bonds. The van der Waals surface area contributed by atoms with E-state index in [2.05, 4.69) is 26.1 Å². The average molecular weight is 202 g/mol. The van der Waals surface area contributed by atoms with Crippen LogP contribution in [0, 0.1) is 5.41 Å². The number of aliphatic hydroxyl groups excluding tert-OH is 1. The van der Waals surface area contributed by atoms with Crippen LogP contribution in [0.4, 0.5) is 0 Å². The van der Waals surface area contributed by atoms with E-state index in [0.717, 1.165) is 19.5 Å². The number of hydrogen-bond acceptors (Lipinski definition) is 3. The first kappa shape index (κ1) is 13.9. The lowest BCUT2D eigenvalue weighted by atomic mass is 9.90. The van der Waals surface area contributed by atoms with Gasteiger partial charge in [0, 0.05) is 19.6 Å². The van der Waals surface area contributed by atoms with Crippen LogP contribution >= 0.6 is 0 Å². The van der Waals surface area contributed by atoms with Gasteiger partial charge >= 0.3 is 0 Å². The smallest absolute Gasteiger partial charge is 0.0791 e. The highest BCUT2D eigenvalue weighted by molar-refractivity contribution is 4.71. The lowest BCUT2D eigenvalue weighted by Gasteiger charge is -2.24. The maximum atomic E-state index is 9.58. The van der Waals surface area contributed by atoms with E-state index in [4.69, 9.17) is 0 Å². The summed E-state index contributed by atoms with van der Waals surface area (Å²) in [5.41, 5.74) is 0.331. The van der Waals surface area contributed by atoms with Crippen LogP contribution in [0.3, 0.4) is 0 Å². The van der Waals surface area contributed by atoms with E-state index in [0.29, 0.717) is 12.0 Å². The maximum absolute atomic E-state index is 9.58. The third-order valence-corrected chi connectivity index (χ3v) is 2.52. The van der Waals surface area contributed by atoms with Gasteiger partial charge in [0.1, 0.15) is 0 Å². The van der Waals surface area contributed by atoms with Crippen LogP contribution in [0.1, 0.15) is 27.2 Å². The normalized spacial score (nSPS) is 14.8. The zero-order valence-electron chi connectivity index (χ0n) is 10.3. The van der Waals surface area contributed by atoms with Crippen molar-refractivity contribution in [1.29, 1.82) is 0 Å². The summed E-state index contributed by atoms with van der Waals surface area (Å²) in [4.78, 5) is 2.00. The van der Waals surface area contributed by atoms with Gasteiger partial charge in [0.25, 0.3) is 0 Å². The van der Waals surface area contributed by atoms with Crippen LogP contribution in [-0.4, -0.2) is 49.8 Å². The third-order valence-electron chi connectivity index (χ3n) is 2.52. The van der Waals surface area contributed by atoms with Gasteiger partial charge in [-0.15, -0.1) is 0 Å². The van der Waals surface area contributed by atoms with Crippen molar-refractivity contribution in [1.82, 2.24) is 10.2 Å². The fraction of sp³-hybridized carbons (Fsp3) is 1.00. The second-order valence-electron chi connectivity index (χ2n) is 5.06. The van der Waals surface area contributed by atoms with Crippen molar-refractivity contribution >= 4 is 0 Å². The van der Waals surface area contributed by atoms with Crippen LogP contribution in [0.15, 0.2) is 0 Å². The molecule has 0 aliphatic carbocycles. The highest BCUT2D eigenvalue weighted by Gasteiger charge is 2.14. The molecule has 0 bridgehead atoms. The summed E-state index contributed by atoms with van der Waals surface area (Å²) in [7, 11) is 3.94. The Morgan fingerprint density at radius 3 is 2.36 bits per heavy atom. The van der Waals surface area contributed by atoms with E-state index in [9.17, 15) is 5.11 Å². The van der Waals surface area contributed by atoms with Gasteiger partial charge in [0.2, 0.25) is 0 Å². The van der Waals surface area contributed by atoms with Crippen molar-refractivity contribution in [3.8, 4) is 0 Å². The van der Waals surface area contributed by atoms with Gasteiger partial charge in [-0.25, -0.2) is 0 Å². The van der Waals surface area contributed by atoms with Crippen molar-refractivity contribution in [2.45, 2.75) is 33.3 Å². The van der Waals surface area contributed by atoms with Crippen LogP contribution in [-0.2, 0) is 0 Å². The molecular weight excluding hydrogens is 176 g/mol. The lowest BCUT2D eigenvalue weighted by molar-refractivity contribution is 0.131. The Labute approximate surface area is 88.5 Å². The molecule has 0 aromatic rings. The number of aliphatic hydroxyl groups is 1. The predicted molar refractivity (Wildman–Crippen MR) is 61.5 cm³/mol. The van der Waals surface area contributed by atoms with E-state index in [1.54, 1.807) is 0 Å². The molecule has 1 unspecified atom stereocenters. The van der Waals surface area contributed by atoms with E-state index in [1.807, 2.05) is 19.0 Å². The van der Waals surface area contributed by atoms with Gasteiger partial charge in [-0.1, -0.05) is 20.8 Å². The Kier molecular flexibility index (Phi) is 6.33. The SMILES string of the molecule is CCC(C)(C)CNCC(O)CN(C)C. The van der Waals surface area contributed by atoms with Gasteiger partial charge in [0.15, 0.2) is 0 Å². The van der Waals surface area contributed by atoms with Gasteiger partial charge in [-0.3, -0.25) is 0 Å². The standard InChI is InChI=1S/C11H26N2O/c1-6-11(2,3)9-12-7-10(14)8-13(4)5/h10,12,14H,6-9H2,1-5H3. The number of nitrogens with zero attached hydrogens (tertiary/aromatic N) is 1. The van der Waals surface area contributed by atoms with Crippen molar-refractivity contribution in [3.63, 3.8) is 0 Å². The van der Waals surface area contributed by atoms with Crippen molar-refractivity contribution in [2.75, 3.05) is 33.7 Å². The van der Waals surface area contributed by atoms with Gasteiger partial charge in [0.05, 0.1) is 6.10 Å². The summed E-state index contributed by atoms with van der Waals surface area (Å²) in [5, 5.41) is 12.9. The molecule has 0 heterocycles. The molecule has 0 aliphatic rings. The van der Waals surface area contributed by atoms with Gasteiger partial charge in [-0.05, 0) is 25.9 Å². The van der Waals surface area contributed by atoms with Crippen molar-refractivity contribution in [2.24, 2.45) is 5.41 Å². The topological polar surface area (TPSA) is 35.5 Å². The van der Waals surface area contributed by atoms with Crippen LogP contribution in [0.2, 0.25) is 0 Å². The molecule has 2 N–H and O–H groups in total. The van der Waals surface area contributed by atoms with Crippen LogP contribution in [0.5, 0.6) is 0 Å². The Balaban J connectivity index is 3.53. The Morgan fingerprint density at radius 1 is 1.36 bits per heavy atom. The molecule has 0 aliphatic heterocycles. The van der Waals surface area contributed by atoms with E-state index >= 15 is 0 Å². The molecule has 86 valence electrons. The summed E-state index contributed by atoms with van der Waals surface area (Å²) < 4.78 is 0. The second-order valence-corrected chi connectivity index (χ2v) is 5.06. The zero-order chi connectivity index (χ0) is 11.2. The first-order chi connectivity index (χ1) is 6.37. The van der Waals surface area contributed by atoms with Crippen LogP contribution in [0.25, 0.3) is 0 Å². The molecule has 3 nitrogen and oxygen atoms in total. The minimum Gasteiger partial charge on any atom is -0.390 e. The predicted octanol–water partition coefficient (Wildman–Crippen LogP) is 0.935. The first-order valence-electron chi connectivity index (χ1n) is 5.41. The number of rotatable bonds is 7. The van der Waals surface area contributed by atoms with Crippen molar-refractivity contribution < 1.29 is 5.11 Å². The first-order valence-corrected chi connectivity index (χ1v) is 5.41. The molecule has 3 heteroatoms. The number of likely N-dealkylation sites (N-methyl/N-ethyl adjacent to an activating group) is 1. The summed E-state index contributed by atoms with van der Waals surface area (Å²) in [6.45, 7) is 9.03. The summed E-state index contributed by atoms with van der Waals surface area (Å²) in [5.74, 6) is 0. The second kappa shape index (κ2) is 6.38. The lowest BCUT2D eigenvalue weighted by Crippen LogP contribution is -2.38. The van der Waals surface area contributed by atoms with Crippen molar-refractivity contribution in [3.05, 3.63) is 0 Å². The third kappa shape index (κ3) is 7.30. The monoisotopic (exact) mass is 202 g/mol. The van der Waals surface area contributed by atoms with E-state index in [1.165, 1.54) is 0 Å². The molecule has 0 aromatic heterocycles. The van der Waals surface area contributed by atoms with E-state index in [-0.39, 0.29) is 6.10 Å². The quantitative estimate of drug-likeness (QED) is 0.645. The molecule has 1 atom stereocenters. The fourth-order valence-corrected chi connectivity index (χ4v) is 1.19. The Bertz CT molecular complexity index is 146. The fourth-order valence-electron chi connectivity index (χ4n) is 1.19. The minimum absolute atomic E-state index is 0.266. The maximum Gasteiger partial charge on any atom is 0.0791 e. The number of hydrogen-bond donors (Lipinski definition) is 2. The number of nitrogens with one attached hydrogen (secondary N) is 1. The zero-order valence-corrected chi connectivity index (χ0v) is 10.3. The molecule has 0 saturated carbocycles. The van der Waals surface area contributed by atoms with E-state index < -0.39 is 0 Å². The largest absolute Gasteiger partial charge is 0.390 e. The molecule has 0 aromatic carbocycles.